The number of likely N-dealkylation sites (N-methyl/N-ethyl adjacent to an activating group) is 1. The molecule has 0 atom stereocenters. The maximum absolute atomic E-state index is 12.0. The number of imide groups is 1. The summed E-state index contributed by atoms with van der Waals surface area (Å²) in [4.78, 5) is 28.5. The second-order valence-corrected chi connectivity index (χ2v) is 3.46. The lowest BCUT2D eigenvalue weighted by Crippen LogP contribution is -2.46. The summed E-state index contributed by atoms with van der Waals surface area (Å²) in [6.45, 7) is 1.96. The molecule has 0 saturated carbocycles. The molecule has 1 aliphatic rings. The molecule has 2 rings (SSSR count). The summed E-state index contributed by atoms with van der Waals surface area (Å²) in [6, 6.07) is 6.66. The highest BCUT2D eigenvalue weighted by Crippen LogP contribution is 2.20. The van der Waals surface area contributed by atoms with E-state index in [-0.39, 0.29) is 18.2 Å². The molecule has 0 aliphatic carbocycles. The van der Waals surface area contributed by atoms with Crippen LogP contribution in [0.1, 0.15) is 22.8 Å². The van der Waals surface area contributed by atoms with Crippen LogP contribution in [0.5, 0.6) is 0 Å². The van der Waals surface area contributed by atoms with Gasteiger partial charge in [-0.15, -0.1) is 0 Å². The highest BCUT2D eigenvalue weighted by atomic mass is 16.2. The van der Waals surface area contributed by atoms with Crippen molar-refractivity contribution in [3.8, 4) is 6.19 Å². The molecule has 0 N–H and O–H groups in total. The van der Waals surface area contributed by atoms with Crippen molar-refractivity contribution in [3.05, 3.63) is 35.4 Å². The minimum absolute atomic E-state index is 0.0320. The number of amides is 2. The number of nitriles is 1. The van der Waals surface area contributed by atoms with Crippen molar-refractivity contribution in [2.75, 3.05) is 6.54 Å². The molecule has 0 unspecified atom stereocenters. The predicted octanol–water partition coefficient (Wildman–Crippen LogP) is 0.959. The van der Waals surface area contributed by atoms with Gasteiger partial charge >= 0.3 is 0 Å². The summed E-state index contributed by atoms with van der Waals surface area (Å²) in [7, 11) is 0. The minimum Gasteiger partial charge on any atom is -0.273 e. The van der Waals surface area contributed by atoms with E-state index in [4.69, 9.17) is 5.26 Å². The Morgan fingerprint density at radius 1 is 1.24 bits per heavy atom. The van der Waals surface area contributed by atoms with Crippen LogP contribution in [0.3, 0.4) is 0 Å². The molecule has 1 heterocycles. The second-order valence-electron chi connectivity index (χ2n) is 3.46. The number of rotatable bonds is 1. The van der Waals surface area contributed by atoms with Gasteiger partial charge in [0.2, 0.25) is 6.19 Å². The molecule has 17 heavy (non-hydrogen) atoms. The number of fused-ring (bicyclic) bond motifs is 1. The summed E-state index contributed by atoms with van der Waals surface area (Å²) < 4.78 is 0. The number of carbonyl (C=O) groups is 2. The van der Waals surface area contributed by atoms with Crippen molar-refractivity contribution in [2.24, 2.45) is 4.99 Å². The summed E-state index contributed by atoms with van der Waals surface area (Å²) in [5, 5.41) is 8.59. The van der Waals surface area contributed by atoms with Gasteiger partial charge in [-0.2, -0.15) is 10.3 Å². The van der Waals surface area contributed by atoms with Crippen LogP contribution in [0.15, 0.2) is 29.3 Å². The Bertz CT molecular complexity index is 569. The lowest BCUT2D eigenvalue weighted by atomic mass is 9.96. The van der Waals surface area contributed by atoms with Crippen molar-refractivity contribution in [3.63, 3.8) is 0 Å². The normalized spacial score (nSPS) is 16.9. The number of nitrogens with zero attached hydrogens (tertiary/aromatic N) is 3. The Morgan fingerprint density at radius 3 is 2.47 bits per heavy atom. The van der Waals surface area contributed by atoms with Crippen LogP contribution in [-0.4, -0.2) is 29.0 Å². The molecular formula is C12H9N3O2. The van der Waals surface area contributed by atoms with E-state index < -0.39 is 5.91 Å². The minimum atomic E-state index is -0.516. The maximum atomic E-state index is 12.0. The smallest absolute Gasteiger partial charge is 0.273 e. The van der Waals surface area contributed by atoms with Crippen LogP contribution in [-0.2, 0) is 4.79 Å². The van der Waals surface area contributed by atoms with E-state index in [1.165, 1.54) is 0 Å². The topological polar surface area (TPSA) is 73.5 Å². The Morgan fingerprint density at radius 2 is 1.88 bits per heavy atom. The first-order valence-corrected chi connectivity index (χ1v) is 5.13. The van der Waals surface area contributed by atoms with Crippen molar-refractivity contribution < 1.29 is 9.59 Å². The van der Waals surface area contributed by atoms with Gasteiger partial charge in [-0.25, -0.2) is 0 Å². The Hall–Kier alpha value is -2.48. The molecule has 5 nitrogen and oxygen atoms in total. The average molecular weight is 227 g/mol. The number of aliphatic imine (C=N–C) groups is 1. The second kappa shape index (κ2) is 4.18. The van der Waals surface area contributed by atoms with Crippen LogP contribution in [0, 0.1) is 11.5 Å². The summed E-state index contributed by atoms with van der Waals surface area (Å²) >= 11 is 0. The van der Waals surface area contributed by atoms with Gasteiger partial charge < -0.3 is 0 Å². The van der Waals surface area contributed by atoms with Gasteiger partial charge in [0.1, 0.15) is 5.71 Å². The SMILES string of the molecule is CCN1C(=O)C(=NC#N)c2ccccc2C1=O. The molecule has 5 heteroatoms. The monoisotopic (exact) mass is 227 g/mol. The molecule has 2 amide bonds. The molecule has 0 fully saturated rings. The van der Waals surface area contributed by atoms with Crippen molar-refractivity contribution >= 4 is 17.5 Å². The molecule has 0 bridgehead atoms. The first-order chi connectivity index (χ1) is 8.20. The molecule has 1 aromatic carbocycles. The van der Waals surface area contributed by atoms with Gasteiger partial charge in [0.05, 0.1) is 0 Å². The van der Waals surface area contributed by atoms with E-state index in [9.17, 15) is 9.59 Å². The fourth-order valence-electron chi connectivity index (χ4n) is 1.80. The third kappa shape index (κ3) is 1.60. The summed E-state index contributed by atoms with van der Waals surface area (Å²) in [5.41, 5.74) is 0.862. The van der Waals surface area contributed by atoms with E-state index >= 15 is 0 Å². The molecule has 1 aromatic rings. The van der Waals surface area contributed by atoms with E-state index in [0.717, 1.165) is 4.90 Å². The number of benzene rings is 1. The van der Waals surface area contributed by atoms with Crippen molar-refractivity contribution in [2.45, 2.75) is 6.92 Å². The zero-order valence-electron chi connectivity index (χ0n) is 9.17. The fourth-order valence-corrected chi connectivity index (χ4v) is 1.80. The van der Waals surface area contributed by atoms with Crippen LogP contribution in [0.25, 0.3) is 0 Å². The number of hydrogen-bond acceptors (Lipinski definition) is 4. The number of hydrogen-bond donors (Lipinski definition) is 0. The summed E-state index contributed by atoms with van der Waals surface area (Å²) in [5.74, 6) is -0.859. The first kappa shape index (κ1) is 11.0. The van der Waals surface area contributed by atoms with Gasteiger partial charge in [0, 0.05) is 17.7 Å². The largest absolute Gasteiger partial charge is 0.280 e. The highest BCUT2D eigenvalue weighted by Gasteiger charge is 2.34. The highest BCUT2D eigenvalue weighted by molar-refractivity contribution is 6.51. The van der Waals surface area contributed by atoms with E-state index in [2.05, 4.69) is 4.99 Å². The predicted molar refractivity (Wildman–Crippen MR) is 60.3 cm³/mol. The zero-order valence-corrected chi connectivity index (χ0v) is 9.17. The quantitative estimate of drug-likeness (QED) is 0.529. The third-order valence-electron chi connectivity index (χ3n) is 2.58. The summed E-state index contributed by atoms with van der Waals surface area (Å²) in [6.07, 6.45) is 1.60. The van der Waals surface area contributed by atoms with Crippen molar-refractivity contribution in [1.82, 2.24) is 4.90 Å². The van der Waals surface area contributed by atoms with Crippen LogP contribution in [0.2, 0.25) is 0 Å². The van der Waals surface area contributed by atoms with Gasteiger partial charge in [0.25, 0.3) is 11.8 Å². The average Bonchev–Trinajstić information content (AvgIpc) is 2.35. The lowest BCUT2D eigenvalue weighted by molar-refractivity contribution is -0.121. The third-order valence-corrected chi connectivity index (χ3v) is 2.58. The Labute approximate surface area is 98.0 Å². The van der Waals surface area contributed by atoms with Crippen LogP contribution < -0.4 is 0 Å². The zero-order chi connectivity index (χ0) is 12.4. The Balaban J connectivity index is 2.69. The lowest BCUT2D eigenvalue weighted by Gasteiger charge is -2.25. The van der Waals surface area contributed by atoms with Gasteiger partial charge in [-0.3, -0.25) is 14.5 Å². The molecule has 0 spiro atoms. The molecule has 0 saturated heterocycles. The maximum Gasteiger partial charge on any atom is 0.280 e. The van der Waals surface area contributed by atoms with E-state index in [1.54, 1.807) is 37.4 Å². The molecule has 0 aromatic heterocycles. The van der Waals surface area contributed by atoms with Gasteiger partial charge in [-0.05, 0) is 13.0 Å². The van der Waals surface area contributed by atoms with Gasteiger partial charge in [0.15, 0.2) is 0 Å². The first-order valence-electron chi connectivity index (χ1n) is 5.13. The standard InChI is InChI=1S/C12H9N3O2/c1-2-15-11(16)9-6-4-3-5-8(9)10(12(15)17)14-7-13/h3-6H,2H2,1H3. The molecular weight excluding hydrogens is 218 g/mol. The fraction of sp³-hybridized carbons (Fsp3) is 0.167. The van der Waals surface area contributed by atoms with E-state index in [0.29, 0.717) is 11.1 Å². The van der Waals surface area contributed by atoms with Crippen LogP contribution in [0.4, 0.5) is 0 Å². The Kier molecular flexibility index (Phi) is 2.71. The molecule has 1 aliphatic heterocycles. The van der Waals surface area contributed by atoms with Crippen LogP contribution >= 0.6 is 0 Å². The van der Waals surface area contributed by atoms with E-state index in [1.807, 2.05) is 0 Å². The molecule has 84 valence electrons. The van der Waals surface area contributed by atoms with Crippen molar-refractivity contribution in [1.29, 1.82) is 5.26 Å². The molecule has 0 radical (unpaired) electrons. The van der Waals surface area contributed by atoms with Gasteiger partial charge in [-0.1, -0.05) is 18.2 Å². The number of carbonyl (C=O) groups excluding carboxylic acids is 2.